The van der Waals surface area contributed by atoms with E-state index in [1.807, 2.05) is 0 Å². The molecule has 0 heterocycles. The molecule has 0 saturated heterocycles. The van der Waals surface area contributed by atoms with E-state index < -0.39 is 0 Å². The SMILES string of the molecule is CCCCCCCCCCCOC(=O)CCCCCN(CCO)CCCCCCCC(=O)OCC(CCCCCCC)CCCCCCC. The van der Waals surface area contributed by atoms with Crippen molar-refractivity contribution in [3.8, 4) is 0 Å². The molecular weight excluding hydrogens is 610 g/mol. The topological polar surface area (TPSA) is 76.1 Å². The van der Waals surface area contributed by atoms with Gasteiger partial charge in [0.15, 0.2) is 0 Å². The van der Waals surface area contributed by atoms with Crippen LogP contribution in [0.2, 0.25) is 0 Å². The number of rotatable bonds is 40. The average molecular weight is 696 g/mol. The Kier molecular flexibility index (Phi) is 38.7. The van der Waals surface area contributed by atoms with Crippen LogP contribution >= 0.6 is 0 Å². The van der Waals surface area contributed by atoms with Crippen LogP contribution in [0, 0.1) is 5.92 Å². The summed E-state index contributed by atoms with van der Waals surface area (Å²) in [6, 6.07) is 0. The van der Waals surface area contributed by atoms with E-state index >= 15 is 0 Å². The number of ether oxygens (including phenoxy) is 2. The van der Waals surface area contributed by atoms with E-state index in [0.29, 0.717) is 38.5 Å². The quantitative estimate of drug-likeness (QED) is 0.0508. The molecule has 6 heteroatoms. The number of unbranched alkanes of at least 4 members (excludes halogenated alkanes) is 22. The number of esters is 2. The van der Waals surface area contributed by atoms with Crippen molar-refractivity contribution in [3.05, 3.63) is 0 Å². The van der Waals surface area contributed by atoms with Crippen LogP contribution in [0.25, 0.3) is 0 Å². The molecule has 0 aliphatic heterocycles. The van der Waals surface area contributed by atoms with Gasteiger partial charge in [-0.2, -0.15) is 0 Å². The van der Waals surface area contributed by atoms with Crippen LogP contribution in [0.1, 0.15) is 220 Å². The summed E-state index contributed by atoms with van der Waals surface area (Å²) in [5, 5.41) is 9.51. The summed E-state index contributed by atoms with van der Waals surface area (Å²) in [4.78, 5) is 26.9. The highest BCUT2D eigenvalue weighted by Gasteiger charge is 2.13. The van der Waals surface area contributed by atoms with Gasteiger partial charge < -0.3 is 19.5 Å². The van der Waals surface area contributed by atoms with E-state index in [2.05, 4.69) is 25.7 Å². The highest BCUT2D eigenvalue weighted by Crippen LogP contribution is 2.20. The average Bonchev–Trinajstić information content (AvgIpc) is 3.10. The van der Waals surface area contributed by atoms with Crippen molar-refractivity contribution >= 4 is 11.9 Å². The molecule has 1 N–H and O–H groups in total. The van der Waals surface area contributed by atoms with Gasteiger partial charge in [0.05, 0.1) is 19.8 Å². The van der Waals surface area contributed by atoms with E-state index in [0.717, 1.165) is 77.3 Å². The summed E-state index contributed by atoms with van der Waals surface area (Å²) in [5.41, 5.74) is 0. The molecular formula is C43H85NO5. The molecule has 0 aliphatic rings. The summed E-state index contributed by atoms with van der Waals surface area (Å²) >= 11 is 0. The molecule has 0 saturated carbocycles. The van der Waals surface area contributed by atoms with Crippen molar-refractivity contribution in [2.45, 2.75) is 220 Å². The Balaban J connectivity index is 3.88. The van der Waals surface area contributed by atoms with E-state index in [1.165, 1.54) is 122 Å². The molecule has 0 aromatic carbocycles. The predicted octanol–water partition coefficient (Wildman–Crippen LogP) is 12.1. The maximum atomic E-state index is 12.5. The van der Waals surface area contributed by atoms with Crippen LogP contribution in [0.15, 0.2) is 0 Å². The molecule has 49 heavy (non-hydrogen) atoms. The van der Waals surface area contributed by atoms with Crippen LogP contribution in [0.5, 0.6) is 0 Å². The monoisotopic (exact) mass is 696 g/mol. The lowest BCUT2D eigenvalue weighted by Gasteiger charge is -2.21. The number of hydrogen-bond acceptors (Lipinski definition) is 6. The van der Waals surface area contributed by atoms with Gasteiger partial charge >= 0.3 is 11.9 Å². The Morgan fingerprint density at radius 1 is 0.469 bits per heavy atom. The van der Waals surface area contributed by atoms with Crippen LogP contribution < -0.4 is 0 Å². The van der Waals surface area contributed by atoms with Crippen LogP contribution in [0.3, 0.4) is 0 Å². The first-order valence-corrected chi connectivity index (χ1v) is 21.7. The van der Waals surface area contributed by atoms with Gasteiger partial charge in [0, 0.05) is 19.4 Å². The van der Waals surface area contributed by atoms with Gasteiger partial charge in [-0.15, -0.1) is 0 Å². The Hall–Kier alpha value is -1.14. The van der Waals surface area contributed by atoms with Gasteiger partial charge in [-0.25, -0.2) is 0 Å². The van der Waals surface area contributed by atoms with Crippen molar-refractivity contribution < 1.29 is 24.2 Å². The first-order chi connectivity index (χ1) is 24.1. The van der Waals surface area contributed by atoms with Crippen LogP contribution in [0.4, 0.5) is 0 Å². The van der Waals surface area contributed by atoms with Gasteiger partial charge in [-0.05, 0) is 64.0 Å². The molecule has 0 rings (SSSR count). The number of aliphatic hydroxyl groups excluding tert-OH is 1. The zero-order valence-electron chi connectivity index (χ0n) is 33.3. The molecule has 0 aromatic rings. The van der Waals surface area contributed by atoms with E-state index in [9.17, 15) is 14.7 Å². The standard InChI is InChI=1S/C43H85NO5/c1-4-7-10-13-14-15-16-22-30-39-48-42(46)33-27-23-29-36-44(37-38-45)35-28-21-17-20-26-34-43(47)49-40-41(31-24-18-11-8-5-2)32-25-19-12-9-6-3/h41,45H,4-40H2,1-3H3. The normalized spacial score (nSPS) is 11.6. The fraction of sp³-hybridized carbons (Fsp3) is 0.953. The molecule has 0 bridgehead atoms. The Bertz CT molecular complexity index is 673. The number of carbonyl (C=O) groups is 2. The molecule has 0 aromatic heterocycles. The second kappa shape index (κ2) is 39.6. The second-order valence-electron chi connectivity index (χ2n) is 14.9. The molecule has 0 aliphatic carbocycles. The van der Waals surface area contributed by atoms with E-state index in [-0.39, 0.29) is 18.5 Å². The highest BCUT2D eigenvalue weighted by atomic mass is 16.5. The first kappa shape index (κ1) is 47.9. The fourth-order valence-corrected chi connectivity index (χ4v) is 6.73. The van der Waals surface area contributed by atoms with Gasteiger partial charge in [-0.3, -0.25) is 9.59 Å². The lowest BCUT2D eigenvalue weighted by Crippen LogP contribution is -2.29. The van der Waals surface area contributed by atoms with Crippen molar-refractivity contribution in [1.29, 1.82) is 0 Å². The fourth-order valence-electron chi connectivity index (χ4n) is 6.73. The third kappa shape index (κ3) is 36.5. The van der Waals surface area contributed by atoms with Crippen molar-refractivity contribution in [1.82, 2.24) is 4.90 Å². The number of aliphatic hydroxyl groups is 1. The zero-order valence-corrected chi connectivity index (χ0v) is 33.3. The lowest BCUT2D eigenvalue weighted by molar-refractivity contribution is -0.145. The van der Waals surface area contributed by atoms with E-state index in [4.69, 9.17) is 9.47 Å². The maximum Gasteiger partial charge on any atom is 0.305 e. The molecule has 0 unspecified atom stereocenters. The van der Waals surface area contributed by atoms with Gasteiger partial charge in [0.25, 0.3) is 0 Å². The van der Waals surface area contributed by atoms with Crippen molar-refractivity contribution in [2.75, 3.05) is 39.5 Å². The number of nitrogens with zero attached hydrogens (tertiary/aromatic N) is 1. The van der Waals surface area contributed by atoms with Crippen LogP contribution in [-0.2, 0) is 19.1 Å². The summed E-state index contributed by atoms with van der Waals surface area (Å²) in [6.45, 7) is 10.8. The third-order valence-corrected chi connectivity index (χ3v) is 10.0. The molecule has 6 nitrogen and oxygen atoms in total. The van der Waals surface area contributed by atoms with Crippen molar-refractivity contribution in [3.63, 3.8) is 0 Å². The largest absolute Gasteiger partial charge is 0.466 e. The molecule has 0 spiro atoms. The Morgan fingerprint density at radius 2 is 0.857 bits per heavy atom. The minimum absolute atomic E-state index is 0.0110. The smallest absolute Gasteiger partial charge is 0.305 e. The molecule has 0 fully saturated rings. The minimum Gasteiger partial charge on any atom is -0.466 e. The molecule has 0 amide bonds. The van der Waals surface area contributed by atoms with Gasteiger partial charge in [-0.1, -0.05) is 162 Å². The second-order valence-corrected chi connectivity index (χ2v) is 14.9. The van der Waals surface area contributed by atoms with Crippen molar-refractivity contribution in [2.24, 2.45) is 5.92 Å². The number of hydrogen-bond donors (Lipinski definition) is 1. The van der Waals surface area contributed by atoms with Crippen LogP contribution in [-0.4, -0.2) is 61.4 Å². The molecule has 0 radical (unpaired) electrons. The number of carbonyl (C=O) groups excluding carboxylic acids is 2. The highest BCUT2D eigenvalue weighted by molar-refractivity contribution is 5.69. The lowest BCUT2D eigenvalue weighted by atomic mass is 9.95. The zero-order chi connectivity index (χ0) is 35.9. The summed E-state index contributed by atoms with van der Waals surface area (Å²) in [6.07, 6.45) is 36.3. The summed E-state index contributed by atoms with van der Waals surface area (Å²) in [7, 11) is 0. The van der Waals surface area contributed by atoms with Gasteiger partial charge in [0.1, 0.15) is 0 Å². The third-order valence-electron chi connectivity index (χ3n) is 10.0. The predicted molar refractivity (Wildman–Crippen MR) is 209 cm³/mol. The summed E-state index contributed by atoms with van der Waals surface area (Å²) < 4.78 is 11.2. The molecule has 0 atom stereocenters. The van der Waals surface area contributed by atoms with E-state index in [1.54, 1.807) is 0 Å². The Morgan fingerprint density at radius 3 is 1.35 bits per heavy atom. The molecule has 292 valence electrons. The maximum absolute atomic E-state index is 12.5. The minimum atomic E-state index is -0.0504. The first-order valence-electron chi connectivity index (χ1n) is 21.7. The Labute approximate surface area is 305 Å². The summed E-state index contributed by atoms with van der Waals surface area (Å²) in [5.74, 6) is 0.471. The van der Waals surface area contributed by atoms with Gasteiger partial charge in [0.2, 0.25) is 0 Å².